The van der Waals surface area contributed by atoms with E-state index in [0.717, 1.165) is 5.69 Å². The Hall–Kier alpha value is -2.47. The van der Waals surface area contributed by atoms with Crippen molar-refractivity contribution >= 4 is 17.5 Å². The van der Waals surface area contributed by atoms with Gasteiger partial charge in [-0.3, -0.25) is 4.79 Å². The number of amides is 1. The summed E-state index contributed by atoms with van der Waals surface area (Å²) in [4.78, 5) is 24.8. The van der Waals surface area contributed by atoms with Gasteiger partial charge in [0.15, 0.2) is 0 Å². The number of para-hydroxylation sites is 1. The largest absolute Gasteiger partial charge is 0.364 e. The van der Waals surface area contributed by atoms with E-state index in [1.165, 1.54) is 0 Å². The first-order chi connectivity index (χ1) is 10.8. The van der Waals surface area contributed by atoms with Crippen molar-refractivity contribution in [2.24, 2.45) is 0 Å². The van der Waals surface area contributed by atoms with Crippen molar-refractivity contribution in [3.63, 3.8) is 0 Å². The minimum atomic E-state index is -0.0123. The number of hydrogen-bond donors (Lipinski definition) is 0. The van der Waals surface area contributed by atoms with Gasteiger partial charge in [-0.05, 0) is 18.2 Å². The molecule has 0 unspecified atom stereocenters. The molecule has 22 heavy (non-hydrogen) atoms. The van der Waals surface area contributed by atoms with Gasteiger partial charge in [0.05, 0.1) is 12.1 Å². The van der Waals surface area contributed by atoms with Gasteiger partial charge in [0.25, 0.3) is 5.91 Å². The van der Waals surface area contributed by atoms with Gasteiger partial charge in [-0.25, -0.2) is 9.97 Å². The van der Waals surface area contributed by atoms with Crippen LogP contribution >= 0.6 is 0 Å². The Morgan fingerprint density at radius 3 is 2.59 bits per heavy atom. The zero-order valence-corrected chi connectivity index (χ0v) is 12.0. The number of carbonyl (C=O) groups excluding carboxylic acids is 1. The van der Waals surface area contributed by atoms with Crippen LogP contribution in [0.4, 0.5) is 11.6 Å². The van der Waals surface area contributed by atoms with E-state index >= 15 is 0 Å². The summed E-state index contributed by atoms with van der Waals surface area (Å²) in [5.74, 6) is 0.684. The first kappa shape index (κ1) is 13.2. The van der Waals surface area contributed by atoms with Crippen LogP contribution in [0.15, 0.2) is 48.8 Å². The second kappa shape index (κ2) is 5.38. The van der Waals surface area contributed by atoms with E-state index < -0.39 is 0 Å². The summed E-state index contributed by atoms with van der Waals surface area (Å²) in [6, 6.07) is 11.5. The van der Waals surface area contributed by atoms with Crippen molar-refractivity contribution < 1.29 is 9.53 Å². The van der Waals surface area contributed by atoms with Crippen molar-refractivity contribution in [3.8, 4) is 0 Å². The maximum atomic E-state index is 12.3. The number of morpholine rings is 1. The van der Waals surface area contributed by atoms with Crippen molar-refractivity contribution in [2.75, 3.05) is 29.5 Å². The number of nitrogens with zero attached hydrogens (tertiary/aromatic N) is 4. The number of fused-ring (bicyclic) bond motifs is 1. The third kappa shape index (κ3) is 2.21. The van der Waals surface area contributed by atoms with E-state index in [1.807, 2.05) is 35.2 Å². The maximum Gasteiger partial charge on any atom is 0.253 e. The van der Waals surface area contributed by atoms with Gasteiger partial charge < -0.3 is 14.5 Å². The molecule has 2 saturated heterocycles. The zero-order valence-electron chi connectivity index (χ0n) is 12.0. The van der Waals surface area contributed by atoms with Crippen LogP contribution in [-0.2, 0) is 9.53 Å². The molecule has 112 valence electrons. The Bertz CT molecular complexity index is 664. The molecular weight excluding hydrogens is 280 g/mol. The molecule has 4 rings (SSSR count). The number of benzene rings is 1. The van der Waals surface area contributed by atoms with Crippen LogP contribution in [-0.4, -0.2) is 47.7 Å². The summed E-state index contributed by atoms with van der Waals surface area (Å²) >= 11 is 0. The molecule has 0 saturated carbocycles. The van der Waals surface area contributed by atoms with E-state index in [2.05, 4.69) is 14.9 Å². The Kier molecular flexibility index (Phi) is 3.23. The average Bonchev–Trinajstić information content (AvgIpc) is 3.00. The third-order valence-electron chi connectivity index (χ3n) is 4.13. The average molecular weight is 296 g/mol. The third-order valence-corrected chi connectivity index (χ3v) is 4.13. The molecule has 1 amide bonds. The van der Waals surface area contributed by atoms with Gasteiger partial charge in [0.1, 0.15) is 6.61 Å². The van der Waals surface area contributed by atoms with Gasteiger partial charge >= 0.3 is 0 Å². The number of aromatic nitrogens is 2. The van der Waals surface area contributed by atoms with Crippen LogP contribution in [0, 0.1) is 0 Å². The molecule has 3 heterocycles. The van der Waals surface area contributed by atoms with E-state index in [0.29, 0.717) is 19.0 Å². The van der Waals surface area contributed by atoms with Gasteiger partial charge in [-0.15, -0.1) is 0 Å². The van der Waals surface area contributed by atoms with E-state index in [-0.39, 0.29) is 24.7 Å². The highest BCUT2D eigenvalue weighted by atomic mass is 16.5. The van der Waals surface area contributed by atoms with Crippen molar-refractivity contribution in [1.82, 2.24) is 9.97 Å². The second-order valence-corrected chi connectivity index (χ2v) is 5.47. The fourth-order valence-corrected chi connectivity index (χ4v) is 3.14. The molecule has 6 heteroatoms. The zero-order chi connectivity index (χ0) is 14.9. The number of carbonyl (C=O) groups is 1. The number of anilines is 2. The molecule has 0 bridgehead atoms. The summed E-state index contributed by atoms with van der Waals surface area (Å²) < 4.78 is 5.73. The maximum absolute atomic E-state index is 12.3. The Labute approximate surface area is 128 Å². The van der Waals surface area contributed by atoms with Crippen molar-refractivity contribution in [3.05, 3.63) is 48.8 Å². The highest BCUT2D eigenvalue weighted by Gasteiger charge is 2.44. The molecule has 1 aromatic carbocycles. The molecule has 2 atom stereocenters. The van der Waals surface area contributed by atoms with Crippen LogP contribution in [0.2, 0.25) is 0 Å². The van der Waals surface area contributed by atoms with Crippen LogP contribution in [0.5, 0.6) is 0 Å². The highest BCUT2D eigenvalue weighted by Crippen LogP contribution is 2.29. The predicted molar refractivity (Wildman–Crippen MR) is 81.7 cm³/mol. The van der Waals surface area contributed by atoms with E-state index in [1.54, 1.807) is 18.5 Å². The highest BCUT2D eigenvalue weighted by molar-refractivity contribution is 5.96. The SMILES string of the molecule is O=C1CO[C@H]2CN(c3ncccn3)C[C@H]2N1c1ccccc1. The molecule has 2 fully saturated rings. The predicted octanol–water partition coefficient (Wildman–Crippen LogP) is 1.10. The van der Waals surface area contributed by atoms with Gasteiger partial charge in [0.2, 0.25) is 5.95 Å². The molecule has 0 aliphatic carbocycles. The topological polar surface area (TPSA) is 58.6 Å². The minimum Gasteiger partial charge on any atom is -0.364 e. The molecule has 1 aromatic heterocycles. The van der Waals surface area contributed by atoms with Crippen molar-refractivity contribution in [1.29, 1.82) is 0 Å². The Balaban J connectivity index is 1.63. The minimum absolute atomic E-state index is 0.00304. The summed E-state index contributed by atoms with van der Waals surface area (Å²) in [7, 11) is 0. The first-order valence-corrected chi connectivity index (χ1v) is 7.33. The fourth-order valence-electron chi connectivity index (χ4n) is 3.14. The lowest BCUT2D eigenvalue weighted by Gasteiger charge is -2.36. The molecule has 0 N–H and O–H groups in total. The quantitative estimate of drug-likeness (QED) is 0.830. The van der Waals surface area contributed by atoms with E-state index in [9.17, 15) is 4.79 Å². The lowest BCUT2D eigenvalue weighted by atomic mass is 10.1. The standard InChI is InChI=1S/C16H16N4O2/c21-15-11-22-14-10-19(16-17-7-4-8-18-16)9-13(14)20(15)12-5-2-1-3-6-12/h1-8,13-14H,9-11H2/t13-,14+/m1/s1. The Morgan fingerprint density at radius 2 is 1.82 bits per heavy atom. The van der Waals surface area contributed by atoms with Crippen LogP contribution in [0.1, 0.15) is 0 Å². The van der Waals surface area contributed by atoms with Crippen LogP contribution in [0.3, 0.4) is 0 Å². The number of hydrogen-bond acceptors (Lipinski definition) is 5. The van der Waals surface area contributed by atoms with Gasteiger partial charge in [0, 0.05) is 31.2 Å². The first-order valence-electron chi connectivity index (χ1n) is 7.33. The summed E-state index contributed by atoms with van der Waals surface area (Å²) in [5, 5.41) is 0. The second-order valence-electron chi connectivity index (χ2n) is 5.47. The smallest absolute Gasteiger partial charge is 0.253 e. The van der Waals surface area contributed by atoms with Crippen molar-refractivity contribution in [2.45, 2.75) is 12.1 Å². The monoisotopic (exact) mass is 296 g/mol. The molecule has 6 nitrogen and oxygen atoms in total. The molecule has 2 aliphatic heterocycles. The van der Waals surface area contributed by atoms with Gasteiger partial charge in [-0.2, -0.15) is 0 Å². The lowest BCUT2D eigenvalue weighted by Crippen LogP contribution is -2.54. The van der Waals surface area contributed by atoms with Gasteiger partial charge in [-0.1, -0.05) is 18.2 Å². The normalized spacial score (nSPS) is 24.5. The number of rotatable bonds is 2. The fraction of sp³-hybridized carbons (Fsp3) is 0.312. The van der Waals surface area contributed by atoms with Crippen LogP contribution < -0.4 is 9.80 Å². The van der Waals surface area contributed by atoms with E-state index in [4.69, 9.17) is 4.74 Å². The summed E-state index contributed by atoms with van der Waals surface area (Å²) in [5.41, 5.74) is 0.918. The number of ether oxygens (including phenoxy) is 1. The summed E-state index contributed by atoms with van der Waals surface area (Å²) in [6.07, 6.45) is 3.44. The summed E-state index contributed by atoms with van der Waals surface area (Å²) in [6.45, 7) is 1.50. The molecular formula is C16H16N4O2. The molecule has 0 radical (unpaired) electrons. The molecule has 2 aliphatic rings. The lowest BCUT2D eigenvalue weighted by molar-refractivity contribution is -0.130. The Morgan fingerprint density at radius 1 is 1.05 bits per heavy atom. The molecule has 2 aromatic rings. The molecule has 0 spiro atoms. The van der Waals surface area contributed by atoms with Crippen LogP contribution in [0.25, 0.3) is 0 Å².